The SMILES string of the molecule is Cc1ccsc1CN(C)S(=O)(=O)C1=Cc2ccccc2CC1. The molecule has 3 rings (SSSR count). The molecule has 3 nitrogen and oxygen atoms in total. The van der Waals surface area contributed by atoms with Crippen molar-refractivity contribution in [3.8, 4) is 0 Å². The average molecular weight is 333 g/mol. The van der Waals surface area contributed by atoms with Crippen LogP contribution in [0.4, 0.5) is 0 Å². The van der Waals surface area contributed by atoms with Crippen molar-refractivity contribution in [2.24, 2.45) is 0 Å². The zero-order chi connectivity index (χ0) is 15.7. The van der Waals surface area contributed by atoms with E-state index in [1.807, 2.05) is 42.6 Å². The summed E-state index contributed by atoms with van der Waals surface area (Å²) >= 11 is 1.60. The Labute approximate surface area is 136 Å². The Bertz CT molecular complexity index is 819. The molecule has 0 saturated heterocycles. The average Bonchev–Trinajstić information content (AvgIpc) is 2.92. The quantitative estimate of drug-likeness (QED) is 0.853. The van der Waals surface area contributed by atoms with Crippen molar-refractivity contribution in [1.29, 1.82) is 0 Å². The van der Waals surface area contributed by atoms with Gasteiger partial charge in [0.1, 0.15) is 0 Å². The number of hydrogen-bond acceptors (Lipinski definition) is 3. The molecule has 0 N–H and O–H groups in total. The van der Waals surface area contributed by atoms with Crippen LogP contribution in [0.25, 0.3) is 6.08 Å². The van der Waals surface area contributed by atoms with E-state index in [1.54, 1.807) is 18.4 Å². The van der Waals surface area contributed by atoms with E-state index < -0.39 is 10.0 Å². The van der Waals surface area contributed by atoms with Gasteiger partial charge in [-0.15, -0.1) is 11.3 Å². The smallest absolute Gasteiger partial charge is 0.207 e. The summed E-state index contributed by atoms with van der Waals surface area (Å²) < 4.78 is 27.1. The van der Waals surface area contributed by atoms with Crippen molar-refractivity contribution in [3.05, 3.63) is 62.2 Å². The first kappa shape index (κ1) is 15.5. The lowest BCUT2D eigenvalue weighted by Crippen LogP contribution is -2.28. The summed E-state index contributed by atoms with van der Waals surface area (Å²) in [7, 11) is -1.73. The highest BCUT2D eigenvalue weighted by molar-refractivity contribution is 7.93. The summed E-state index contributed by atoms with van der Waals surface area (Å²) in [5, 5.41) is 2.00. The molecule has 1 aromatic carbocycles. The fraction of sp³-hybridized carbons (Fsp3) is 0.294. The van der Waals surface area contributed by atoms with Gasteiger partial charge in [0.2, 0.25) is 10.0 Å². The van der Waals surface area contributed by atoms with E-state index in [-0.39, 0.29) is 0 Å². The number of aryl methyl sites for hydroxylation is 2. The summed E-state index contributed by atoms with van der Waals surface area (Å²) in [4.78, 5) is 1.62. The van der Waals surface area contributed by atoms with Crippen LogP contribution in [-0.4, -0.2) is 19.8 Å². The van der Waals surface area contributed by atoms with Gasteiger partial charge in [-0.2, -0.15) is 4.31 Å². The number of nitrogens with zero attached hydrogens (tertiary/aromatic N) is 1. The lowest BCUT2D eigenvalue weighted by Gasteiger charge is -2.22. The normalized spacial score (nSPS) is 14.8. The molecule has 1 aliphatic rings. The fourth-order valence-electron chi connectivity index (χ4n) is 2.66. The van der Waals surface area contributed by atoms with Crippen molar-refractivity contribution in [2.45, 2.75) is 26.3 Å². The molecule has 116 valence electrons. The Morgan fingerprint density at radius 3 is 2.68 bits per heavy atom. The second-order valence-corrected chi connectivity index (χ2v) is 8.70. The zero-order valence-corrected chi connectivity index (χ0v) is 14.4. The van der Waals surface area contributed by atoms with Crippen LogP contribution >= 0.6 is 11.3 Å². The summed E-state index contributed by atoms with van der Waals surface area (Å²) in [6.45, 7) is 2.45. The number of fused-ring (bicyclic) bond motifs is 1. The molecule has 0 atom stereocenters. The monoisotopic (exact) mass is 333 g/mol. The number of allylic oxidation sites excluding steroid dienone is 1. The highest BCUT2D eigenvalue weighted by Crippen LogP contribution is 2.29. The van der Waals surface area contributed by atoms with Gasteiger partial charge < -0.3 is 0 Å². The summed E-state index contributed by atoms with van der Waals surface area (Å²) in [6.07, 6.45) is 3.19. The first-order valence-corrected chi connectivity index (χ1v) is 9.58. The molecule has 1 aliphatic carbocycles. The molecule has 5 heteroatoms. The van der Waals surface area contributed by atoms with Crippen LogP contribution in [0.1, 0.15) is 28.0 Å². The van der Waals surface area contributed by atoms with Crippen LogP contribution in [0.2, 0.25) is 0 Å². The maximum absolute atomic E-state index is 12.8. The molecule has 1 heterocycles. The molecular formula is C17H19NO2S2. The molecular weight excluding hydrogens is 314 g/mol. The highest BCUT2D eigenvalue weighted by atomic mass is 32.2. The van der Waals surface area contributed by atoms with Crippen LogP contribution in [0.5, 0.6) is 0 Å². The highest BCUT2D eigenvalue weighted by Gasteiger charge is 2.26. The van der Waals surface area contributed by atoms with Crippen LogP contribution in [0, 0.1) is 6.92 Å². The summed E-state index contributed by atoms with van der Waals surface area (Å²) in [6, 6.07) is 10.0. The van der Waals surface area contributed by atoms with Gasteiger partial charge in [0.25, 0.3) is 0 Å². The van der Waals surface area contributed by atoms with Crippen molar-refractivity contribution < 1.29 is 8.42 Å². The van der Waals surface area contributed by atoms with E-state index in [0.717, 1.165) is 22.4 Å². The second kappa shape index (κ2) is 5.99. The minimum atomic E-state index is -3.40. The van der Waals surface area contributed by atoms with E-state index in [9.17, 15) is 8.42 Å². The van der Waals surface area contributed by atoms with E-state index >= 15 is 0 Å². The Morgan fingerprint density at radius 1 is 1.18 bits per heavy atom. The van der Waals surface area contributed by atoms with Gasteiger partial charge in [-0.25, -0.2) is 8.42 Å². The Balaban J connectivity index is 1.87. The first-order chi connectivity index (χ1) is 10.5. The molecule has 0 unspecified atom stereocenters. The van der Waals surface area contributed by atoms with Gasteiger partial charge in [-0.05, 0) is 54.0 Å². The standard InChI is InChI=1S/C17H19NO2S2/c1-13-9-10-21-17(13)12-18(2)22(19,20)16-8-7-14-5-3-4-6-15(14)11-16/h3-6,9-11H,7-8,12H2,1-2H3. The minimum Gasteiger partial charge on any atom is -0.207 e. The number of hydrogen-bond donors (Lipinski definition) is 0. The molecule has 0 bridgehead atoms. The third-order valence-corrected chi connectivity index (χ3v) is 7.03. The van der Waals surface area contributed by atoms with Crippen molar-refractivity contribution >= 4 is 27.4 Å². The fourth-order valence-corrected chi connectivity index (χ4v) is 5.04. The molecule has 1 aromatic heterocycles. The minimum absolute atomic E-state index is 0.435. The second-order valence-electron chi connectivity index (χ2n) is 5.60. The van der Waals surface area contributed by atoms with Crippen molar-refractivity contribution in [2.75, 3.05) is 7.05 Å². The van der Waals surface area contributed by atoms with Crippen LogP contribution in [-0.2, 0) is 23.0 Å². The van der Waals surface area contributed by atoms with Crippen LogP contribution in [0.15, 0.2) is 40.6 Å². The predicted molar refractivity (Wildman–Crippen MR) is 92.2 cm³/mol. The number of sulfonamides is 1. The predicted octanol–water partition coefficient (Wildman–Crippen LogP) is 3.81. The number of benzene rings is 1. The molecule has 0 saturated carbocycles. The van der Waals surface area contributed by atoms with Gasteiger partial charge >= 0.3 is 0 Å². The third kappa shape index (κ3) is 2.89. The van der Waals surface area contributed by atoms with Crippen molar-refractivity contribution in [1.82, 2.24) is 4.31 Å². The lowest BCUT2D eigenvalue weighted by atomic mass is 9.98. The Morgan fingerprint density at radius 2 is 1.95 bits per heavy atom. The topological polar surface area (TPSA) is 37.4 Å². The number of thiophene rings is 1. The molecule has 2 aromatic rings. The molecule has 0 aliphatic heterocycles. The Hall–Kier alpha value is -1.43. The largest absolute Gasteiger partial charge is 0.239 e. The maximum atomic E-state index is 12.8. The van der Waals surface area contributed by atoms with Crippen molar-refractivity contribution in [3.63, 3.8) is 0 Å². The van der Waals surface area contributed by atoms with E-state index in [2.05, 4.69) is 6.07 Å². The third-order valence-electron chi connectivity index (χ3n) is 4.09. The molecule has 0 spiro atoms. The zero-order valence-electron chi connectivity index (χ0n) is 12.7. The Kier molecular flexibility index (Phi) is 4.21. The van der Waals surface area contributed by atoms with Gasteiger partial charge in [-0.3, -0.25) is 0 Å². The number of rotatable bonds is 4. The van der Waals surface area contributed by atoms with E-state index in [4.69, 9.17) is 0 Å². The van der Waals surface area contributed by atoms with E-state index in [1.165, 1.54) is 9.87 Å². The van der Waals surface area contributed by atoms with Crippen LogP contribution < -0.4 is 0 Å². The van der Waals surface area contributed by atoms with Gasteiger partial charge in [0.05, 0.1) is 4.91 Å². The summed E-state index contributed by atoms with van der Waals surface area (Å²) in [5.74, 6) is 0. The maximum Gasteiger partial charge on any atom is 0.239 e. The van der Waals surface area contributed by atoms with Gasteiger partial charge in [-0.1, -0.05) is 24.3 Å². The van der Waals surface area contributed by atoms with Crippen LogP contribution in [0.3, 0.4) is 0 Å². The summed E-state index contributed by atoms with van der Waals surface area (Å²) in [5.41, 5.74) is 3.39. The molecule has 0 amide bonds. The molecule has 0 fully saturated rings. The van der Waals surface area contributed by atoms with E-state index in [0.29, 0.717) is 17.9 Å². The lowest BCUT2D eigenvalue weighted by molar-refractivity contribution is 0.473. The molecule has 22 heavy (non-hydrogen) atoms. The molecule has 0 radical (unpaired) electrons. The first-order valence-electron chi connectivity index (χ1n) is 7.26. The van der Waals surface area contributed by atoms with Gasteiger partial charge in [0, 0.05) is 18.5 Å². The van der Waals surface area contributed by atoms with Gasteiger partial charge in [0.15, 0.2) is 0 Å².